The molecule has 140 valence electrons. The van der Waals surface area contributed by atoms with Gasteiger partial charge in [0.05, 0.1) is 14.2 Å². The van der Waals surface area contributed by atoms with Gasteiger partial charge in [0.25, 0.3) is 0 Å². The Bertz CT molecular complexity index is 755. The number of halogens is 1. The Labute approximate surface area is 167 Å². The highest BCUT2D eigenvalue weighted by Crippen LogP contribution is 2.39. The first-order valence-corrected chi connectivity index (χ1v) is 9.18. The molecule has 0 atom stereocenters. The van der Waals surface area contributed by atoms with Gasteiger partial charge in [-0.3, -0.25) is 4.79 Å². The van der Waals surface area contributed by atoms with Gasteiger partial charge in [0.15, 0.2) is 11.5 Å². The summed E-state index contributed by atoms with van der Waals surface area (Å²) in [6.45, 7) is 6.32. The Kier molecular flexibility index (Phi) is 6.75. The number of hydrogen-bond acceptors (Lipinski definition) is 5. The summed E-state index contributed by atoms with van der Waals surface area (Å²) in [4.78, 5) is 11.6. The number of rotatable bonds is 7. The molecule has 0 unspecified atom stereocenters. The number of ether oxygens (including phenoxy) is 4. The summed E-state index contributed by atoms with van der Waals surface area (Å²) in [7, 11) is 3.06. The molecule has 0 spiro atoms. The van der Waals surface area contributed by atoms with Crippen LogP contribution >= 0.6 is 22.6 Å². The Morgan fingerprint density at radius 1 is 1.04 bits per heavy atom. The van der Waals surface area contributed by atoms with Crippen molar-refractivity contribution in [2.24, 2.45) is 0 Å². The van der Waals surface area contributed by atoms with Crippen molar-refractivity contribution in [1.82, 2.24) is 0 Å². The van der Waals surface area contributed by atoms with E-state index in [-0.39, 0.29) is 9.39 Å². The smallest absolute Gasteiger partial charge is 0.222 e. The minimum atomic E-state index is -0.270. The van der Waals surface area contributed by atoms with Gasteiger partial charge in [0.2, 0.25) is 9.54 Å². The van der Waals surface area contributed by atoms with E-state index in [1.807, 2.05) is 45.0 Å². The molecule has 5 nitrogen and oxygen atoms in total. The highest BCUT2D eigenvalue weighted by atomic mass is 127. The van der Waals surface area contributed by atoms with Crippen molar-refractivity contribution >= 4 is 26.4 Å². The molecule has 26 heavy (non-hydrogen) atoms. The van der Waals surface area contributed by atoms with Gasteiger partial charge < -0.3 is 18.9 Å². The number of hydrogen-bond donors (Lipinski definition) is 0. The topological polar surface area (TPSA) is 54.0 Å². The zero-order chi connectivity index (χ0) is 19.3. The van der Waals surface area contributed by atoms with E-state index in [9.17, 15) is 4.79 Å². The number of carbonyl (C=O) groups excluding carboxylic acids is 1. The molecule has 0 radical (unpaired) electrons. The summed E-state index contributed by atoms with van der Waals surface area (Å²) in [5.41, 5.74) is 1.17. The minimum Gasteiger partial charge on any atom is -0.493 e. The summed E-state index contributed by atoms with van der Waals surface area (Å²) >= 11 is 1.73. The third kappa shape index (κ3) is 5.52. The zero-order valence-corrected chi connectivity index (χ0v) is 17.7. The van der Waals surface area contributed by atoms with Gasteiger partial charge in [-0.05, 0) is 50.6 Å². The minimum absolute atomic E-state index is 0.0993. The van der Waals surface area contributed by atoms with Crippen LogP contribution in [-0.4, -0.2) is 23.6 Å². The fourth-order valence-electron chi connectivity index (χ4n) is 2.34. The van der Waals surface area contributed by atoms with Crippen molar-refractivity contribution in [2.75, 3.05) is 14.2 Å². The normalized spacial score (nSPS) is 11.0. The Hall–Kier alpha value is -1.96. The van der Waals surface area contributed by atoms with Crippen molar-refractivity contribution in [3.63, 3.8) is 0 Å². The molecule has 6 heteroatoms. The van der Waals surface area contributed by atoms with Crippen molar-refractivity contribution in [3.05, 3.63) is 47.5 Å². The highest BCUT2D eigenvalue weighted by Gasteiger charge is 2.17. The van der Waals surface area contributed by atoms with Crippen LogP contribution in [0, 0.1) is 0 Å². The van der Waals surface area contributed by atoms with Crippen molar-refractivity contribution < 1.29 is 23.7 Å². The summed E-state index contributed by atoms with van der Waals surface area (Å²) in [5, 5.41) is 0. The molecule has 0 fully saturated rings. The second-order valence-electron chi connectivity index (χ2n) is 6.63. The summed E-state index contributed by atoms with van der Waals surface area (Å²) in [6.07, 6.45) is 0. The third-order valence-electron chi connectivity index (χ3n) is 3.39. The number of methoxy groups -OCH3 is 2. The van der Waals surface area contributed by atoms with Gasteiger partial charge >= 0.3 is 0 Å². The first-order chi connectivity index (χ1) is 12.2. The average molecular weight is 470 g/mol. The van der Waals surface area contributed by atoms with Crippen LogP contribution in [0.3, 0.4) is 0 Å². The van der Waals surface area contributed by atoms with Gasteiger partial charge in [0, 0.05) is 28.2 Å². The largest absolute Gasteiger partial charge is 0.493 e. The van der Waals surface area contributed by atoms with Crippen LogP contribution in [-0.2, 0) is 6.61 Å². The Balaban J connectivity index is 2.24. The molecule has 0 aromatic heterocycles. The molecule has 0 aliphatic heterocycles. The standard InChI is InChI=1S/C20H23IO5/c1-20(2,3)26-15-8-6-7-13(9-15)12-25-18-16(23-4)10-14(19(21)22)11-17(18)24-5/h6-11H,12H2,1-5H3. The maximum atomic E-state index is 11.6. The van der Waals surface area contributed by atoms with Gasteiger partial charge in [-0.25, -0.2) is 0 Å². The lowest BCUT2D eigenvalue weighted by Crippen LogP contribution is -2.22. The molecule has 0 aliphatic carbocycles. The van der Waals surface area contributed by atoms with E-state index >= 15 is 0 Å². The van der Waals surface area contributed by atoms with E-state index in [0.29, 0.717) is 29.4 Å². The number of benzene rings is 2. The van der Waals surface area contributed by atoms with E-state index < -0.39 is 0 Å². The summed E-state index contributed by atoms with van der Waals surface area (Å²) in [6, 6.07) is 11.0. The van der Waals surface area contributed by atoms with E-state index in [4.69, 9.17) is 18.9 Å². The highest BCUT2D eigenvalue weighted by molar-refractivity contribution is 14.1. The second kappa shape index (κ2) is 8.62. The molecule has 0 N–H and O–H groups in total. The first-order valence-electron chi connectivity index (χ1n) is 8.10. The maximum Gasteiger partial charge on any atom is 0.222 e. The van der Waals surface area contributed by atoms with Crippen LogP contribution in [0.15, 0.2) is 36.4 Å². The molecule has 0 saturated carbocycles. The van der Waals surface area contributed by atoms with Crippen molar-refractivity contribution in [3.8, 4) is 23.0 Å². The fraction of sp³-hybridized carbons (Fsp3) is 0.350. The van der Waals surface area contributed by atoms with Gasteiger partial charge in [-0.15, -0.1) is 0 Å². The quantitative estimate of drug-likeness (QED) is 0.420. The molecule has 2 aromatic carbocycles. The predicted molar refractivity (Wildman–Crippen MR) is 109 cm³/mol. The molecule has 0 amide bonds. The average Bonchev–Trinajstić information content (AvgIpc) is 2.57. The monoisotopic (exact) mass is 470 g/mol. The number of carbonyl (C=O) groups is 1. The molecule has 0 bridgehead atoms. The van der Waals surface area contributed by atoms with Crippen LogP contribution < -0.4 is 18.9 Å². The van der Waals surface area contributed by atoms with Crippen LogP contribution in [0.5, 0.6) is 23.0 Å². The van der Waals surface area contributed by atoms with E-state index in [1.54, 1.807) is 34.7 Å². The molecule has 2 aromatic rings. The lowest BCUT2D eigenvalue weighted by atomic mass is 10.1. The summed E-state index contributed by atoms with van der Waals surface area (Å²) in [5.74, 6) is 2.14. The molecule has 0 saturated heterocycles. The lowest BCUT2D eigenvalue weighted by Gasteiger charge is -2.21. The van der Waals surface area contributed by atoms with Crippen LogP contribution in [0.2, 0.25) is 0 Å². The van der Waals surface area contributed by atoms with E-state index in [1.165, 1.54) is 14.2 Å². The van der Waals surface area contributed by atoms with Crippen LogP contribution in [0.1, 0.15) is 36.7 Å². The predicted octanol–water partition coefficient (Wildman–Crippen LogP) is 5.04. The van der Waals surface area contributed by atoms with Gasteiger partial charge in [-0.2, -0.15) is 0 Å². The first kappa shape index (κ1) is 20.4. The maximum absolute atomic E-state index is 11.6. The van der Waals surface area contributed by atoms with E-state index in [0.717, 1.165) is 11.3 Å². The molecular weight excluding hydrogens is 447 g/mol. The van der Waals surface area contributed by atoms with Gasteiger partial charge in [0.1, 0.15) is 18.0 Å². The fourth-order valence-corrected chi connectivity index (χ4v) is 2.65. The van der Waals surface area contributed by atoms with Crippen molar-refractivity contribution in [2.45, 2.75) is 33.0 Å². The van der Waals surface area contributed by atoms with E-state index in [2.05, 4.69) is 0 Å². The van der Waals surface area contributed by atoms with Crippen LogP contribution in [0.4, 0.5) is 0 Å². The second-order valence-corrected chi connectivity index (χ2v) is 7.61. The zero-order valence-electron chi connectivity index (χ0n) is 15.6. The molecule has 0 heterocycles. The molecular formula is C20H23IO5. The molecule has 0 aliphatic rings. The molecule has 2 rings (SSSR count). The van der Waals surface area contributed by atoms with Gasteiger partial charge in [-0.1, -0.05) is 12.1 Å². The Morgan fingerprint density at radius 3 is 2.15 bits per heavy atom. The Morgan fingerprint density at radius 2 is 1.65 bits per heavy atom. The van der Waals surface area contributed by atoms with Crippen LogP contribution in [0.25, 0.3) is 0 Å². The SMILES string of the molecule is COc1cc(C(=O)I)cc(OC)c1OCc1cccc(OC(C)(C)C)c1. The lowest BCUT2D eigenvalue weighted by molar-refractivity contribution is 0.110. The third-order valence-corrected chi connectivity index (χ3v) is 4.02. The summed E-state index contributed by atoms with van der Waals surface area (Å²) < 4.78 is 22.5. The van der Waals surface area contributed by atoms with Crippen molar-refractivity contribution in [1.29, 1.82) is 0 Å².